The van der Waals surface area contributed by atoms with Crippen LogP contribution in [0.3, 0.4) is 0 Å². The van der Waals surface area contributed by atoms with Crippen LogP contribution >= 0.6 is 11.3 Å². The molecule has 1 amide bonds. The van der Waals surface area contributed by atoms with Crippen molar-refractivity contribution in [3.8, 4) is 0 Å². The number of hydrogen-bond acceptors (Lipinski definition) is 5. The summed E-state index contributed by atoms with van der Waals surface area (Å²) in [6.45, 7) is 8.34. The quantitative estimate of drug-likeness (QED) is 0.717. The van der Waals surface area contributed by atoms with Crippen LogP contribution in [0.2, 0.25) is 0 Å². The highest BCUT2D eigenvalue weighted by Crippen LogP contribution is 2.19. The van der Waals surface area contributed by atoms with Gasteiger partial charge in [-0.2, -0.15) is 0 Å². The Kier molecular flexibility index (Phi) is 6.29. The van der Waals surface area contributed by atoms with Gasteiger partial charge in [0, 0.05) is 49.4 Å². The number of anilines is 1. The van der Waals surface area contributed by atoms with Gasteiger partial charge in [-0.3, -0.25) is 14.5 Å². The summed E-state index contributed by atoms with van der Waals surface area (Å²) >= 11 is 1.71. The average Bonchev–Trinajstić information content (AvgIpc) is 3.07. The van der Waals surface area contributed by atoms with Crippen molar-refractivity contribution in [3.63, 3.8) is 0 Å². The molecule has 1 saturated heterocycles. The molecule has 2 heterocycles. The van der Waals surface area contributed by atoms with Crippen LogP contribution in [0.1, 0.15) is 27.7 Å². The van der Waals surface area contributed by atoms with Gasteiger partial charge in [-0.15, -0.1) is 11.3 Å². The third-order valence-corrected chi connectivity index (χ3v) is 6.15. The Labute approximate surface area is 165 Å². The molecule has 1 aromatic carbocycles. The summed E-state index contributed by atoms with van der Waals surface area (Å²) in [5.41, 5.74) is 3.13. The topological polar surface area (TPSA) is 43.9 Å². The van der Waals surface area contributed by atoms with E-state index in [1.165, 1.54) is 10.4 Å². The highest BCUT2D eigenvalue weighted by atomic mass is 32.1. The number of Topliss-reactive ketones (excluding diaryl/α,β-unsaturated/α-hetero) is 1. The van der Waals surface area contributed by atoms with Crippen molar-refractivity contribution in [1.29, 1.82) is 0 Å². The van der Waals surface area contributed by atoms with Gasteiger partial charge < -0.3 is 9.80 Å². The molecule has 1 aliphatic heterocycles. The van der Waals surface area contributed by atoms with Gasteiger partial charge in [0.15, 0.2) is 5.78 Å². The standard InChI is InChI=1S/C21H27N3O2S/c1-16-8-13-27-20(16)14-22(3)21(26)15-23-9-11-24(12-10-23)19-6-4-18(5-7-19)17(2)25/h4-8,13H,9-12,14-15H2,1-3H3. The Morgan fingerprint density at radius 1 is 1.07 bits per heavy atom. The van der Waals surface area contributed by atoms with Gasteiger partial charge in [-0.25, -0.2) is 0 Å². The molecule has 1 aliphatic rings. The summed E-state index contributed by atoms with van der Waals surface area (Å²) in [4.78, 5) is 31.6. The Hall–Kier alpha value is -2.18. The number of likely N-dealkylation sites (N-methyl/N-ethyl adjacent to an activating group) is 1. The molecule has 0 aliphatic carbocycles. The monoisotopic (exact) mass is 385 g/mol. The van der Waals surface area contributed by atoms with Crippen molar-refractivity contribution in [2.24, 2.45) is 0 Å². The first-order valence-electron chi connectivity index (χ1n) is 9.29. The second-order valence-electron chi connectivity index (χ2n) is 7.14. The molecule has 1 aromatic heterocycles. The number of aryl methyl sites for hydroxylation is 1. The lowest BCUT2D eigenvalue weighted by Crippen LogP contribution is -2.49. The van der Waals surface area contributed by atoms with Crippen LogP contribution in [0, 0.1) is 6.92 Å². The lowest BCUT2D eigenvalue weighted by atomic mass is 10.1. The smallest absolute Gasteiger partial charge is 0.236 e. The van der Waals surface area contributed by atoms with Crippen molar-refractivity contribution in [2.45, 2.75) is 20.4 Å². The number of carbonyl (C=O) groups excluding carboxylic acids is 2. The van der Waals surface area contributed by atoms with Gasteiger partial charge in [0.25, 0.3) is 0 Å². The minimum absolute atomic E-state index is 0.0896. The second-order valence-corrected chi connectivity index (χ2v) is 8.14. The Morgan fingerprint density at radius 2 is 1.74 bits per heavy atom. The molecule has 144 valence electrons. The maximum absolute atomic E-state index is 12.5. The first-order chi connectivity index (χ1) is 12.9. The molecule has 2 aromatic rings. The van der Waals surface area contributed by atoms with Gasteiger partial charge in [-0.1, -0.05) is 0 Å². The van der Waals surface area contributed by atoms with Crippen LogP contribution in [0.15, 0.2) is 35.7 Å². The van der Waals surface area contributed by atoms with Crippen molar-refractivity contribution < 1.29 is 9.59 Å². The number of piperazine rings is 1. The predicted molar refractivity (Wildman–Crippen MR) is 111 cm³/mol. The van der Waals surface area contributed by atoms with Crippen molar-refractivity contribution in [1.82, 2.24) is 9.80 Å². The molecule has 0 radical (unpaired) electrons. The highest BCUT2D eigenvalue weighted by molar-refractivity contribution is 7.10. The lowest BCUT2D eigenvalue weighted by molar-refractivity contribution is -0.131. The molecule has 0 saturated carbocycles. The SMILES string of the molecule is CC(=O)c1ccc(N2CCN(CC(=O)N(C)Cc3sccc3C)CC2)cc1. The number of rotatable bonds is 6. The van der Waals surface area contributed by atoms with E-state index in [0.29, 0.717) is 13.1 Å². The Morgan fingerprint density at radius 3 is 2.30 bits per heavy atom. The van der Waals surface area contributed by atoms with Crippen LogP contribution in [-0.2, 0) is 11.3 Å². The number of hydrogen-bond donors (Lipinski definition) is 0. The summed E-state index contributed by atoms with van der Waals surface area (Å²) in [5.74, 6) is 0.258. The van der Waals surface area contributed by atoms with Gasteiger partial charge in [0.2, 0.25) is 5.91 Å². The molecule has 6 heteroatoms. The van der Waals surface area contributed by atoms with Gasteiger partial charge in [0.1, 0.15) is 0 Å². The first kappa shape index (κ1) is 19.6. The molecule has 27 heavy (non-hydrogen) atoms. The third-order valence-electron chi connectivity index (χ3n) is 5.14. The van der Waals surface area contributed by atoms with Gasteiger partial charge >= 0.3 is 0 Å². The zero-order valence-corrected chi connectivity index (χ0v) is 17.1. The van der Waals surface area contributed by atoms with E-state index in [-0.39, 0.29) is 11.7 Å². The van der Waals surface area contributed by atoms with Crippen LogP contribution in [0.5, 0.6) is 0 Å². The minimum Gasteiger partial charge on any atom is -0.369 e. The van der Waals surface area contributed by atoms with E-state index < -0.39 is 0 Å². The first-order valence-corrected chi connectivity index (χ1v) is 10.2. The largest absolute Gasteiger partial charge is 0.369 e. The minimum atomic E-state index is 0.0896. The van der Waals surface area contributed by atoms with Crippen LogP contribution < -0.4 is 4.90 Å². The summed E-state index contributed by atoms with van der Waals surface area (Å²) in [7, 11) is 1.88. The maximum atomic E-state index is 12.5. The molecule has 1 fully saturated rings. The zero-order chi connectivity index (χ0) is 19.4. The molecule has 5 nitrogen and oxygen atoms in total. The Bertz CT molecular complexity index is 792. The molecule has 0 atom stereocenters. The predicted octanol–water partition coefficient (Wildman–Crippen LogP) is 3.04. The van der Waals surface area contributed by atoms with E-state index in [2.05, 4.69) is 28.2 Å². The number of carbonyl (C=O) groups is 2. The van der Waals surface area contributed by atoms with E-state index in [4.69, 9.17) is 0 Å². The van der Waals surface area contributed by atoms with Crippen molar-refractivity contribution >= 4 is 28.7 Å². The fourth-order valence-electron chi connectivity index (χ4n) is 3.25. The van der Waals surface area contributed by atoms with Crippen LogP contribution in [0.25, 0.3) is 0 Å². The maximum Gasteiger partial charge on any atom is 0.236 e. The molecule has 0 N–H and O–H groups in total. The third kappa shape index (κ3) is 4.96. The number of benzene rings is 1. The fourth-order valence-corrected chi connectivity index (χ4v) is 4.21. The normalized spacial score (nSPS) is 15.0. The Balaban J connectivity index is 1.48. The van der Waals surface area contributed by atoms with Gasteiger partial charge in [0.05, 0.1) is 13.1 Å². The molecule has 0 spiro atoms. The van der Waals surface area contributed by atoms with E-state index in [1.807, 2.05) is 36.2 Å². The van der Waals surface area contributed by atoms with Crippen LogP contribution in [-0.4, -0.2) is 61.3 Å². The number of ketones is 1. The van der Waals surface area contributed by atoms with E-state index in [1.54, 1.807) is 18.3 Å². The van der Waals surface area contributed by atoms with Crippen LogP contribution in [0.4, 0.5) is 5.69 Å². The van der Waals surface area contributed by atoms with Gasteiger partial charge in [-0.05, 0) is 55.1 Å². The summed E-state index contributed by atoms with van der Waals surface area (Å²) < 4.78 is 0. The van der Waals surface area contributed by atoms with E-state index >= 15 is 0 Å². The fraction of sp³-hybridized carbons (Fsp3) is 0.429. The molecule has 3 rings (SSSR count). The number of thiophene rings is 1. The zero-order valence-electron chi connectivity index (χ0n) is 16.3. The summed E-state index contributed by atoms with van der Waals surface area (Å²) in [5, 5.41) is 2.07. The molecule has 0 bridgehead atoms. The van der Waals surface area contributed by atoms with Crippen molar-refractivity contribution in [3.05, 3.63) is 51.7 Å². The highest BCUT2D eigenvalue weighted by Gasteiger charge is 2.21. The summed E-state index contributed by atoms with van der Waals surface area (Å²) in [6.07, 6.45) is 0. The van der Waals surface area contributed by atoms with Crippen molar-refractivity contribution in [2.75, 3.05) is 44.7 Å². The molecular formula is C21H27N3O2S. The van der Waals surface area contributed by atoms with E-state index in [9.17, 15) is 9.59 Å². The molecular weight excluding hydrogens is 358 g/mol. The summed E-state index contributed by atoms with van der Waals surface area (Å²) in [6, 6.07) is 9.88. The number of amides is 1. The van der Waals surface area contributed by atoms with E-state index in [0.717, 1.165) is 37.4 Å². The molecule has 0 unspecified atom stereocenters. The number of nitrogens with zero attached hydrogens (tertiary/aromatic N) is 3. The average molecular weight is 386 g/mol. The second kappa shape index (κ2) is 8.67. The lowest BCUT2D eigenvalue weighted by Gasteiger charge is -2.36.